The van der Waals surface area contributed by atoms with Crippen molar-refractivity contribution in [1.82, 2.24) is 9.13 Å². The van der Waals surface area contributed by atoms with E-state index >= 15 is 0 Å². The number of hydrogen-bond donors (Lipinski definition) is 0. The summed E-state index contributed by atoms with van der Waals surface area (Å²) in [6.45, 7) is 10.2. The van der Waals surface area contributed by atoms with Gasteiger partial charge in [0.2, 0.25) is 0 Å². The van der Waals surface area contributed by atoms with Crippen molar-refractivity contribution in [2.24, 2.45) is 0 Å². The number of aromatic nitrogens is 2. The van der Waals surface area contributed by atoms with Crippen molar-refractivity contribution in [1.29, 1.82) is 0 Å². The van der Waals surface area contributed by atoms with Crippen LogP contribution in [-0.2, 0) is 11.8 Å². The van der Waals surface area contributed by atoms with Gasteiger partial charge in [0.25, 0.3) is 11.1 Å². The lowest BCUT2D eigenvalue weighted by Gasteiger charge is -2.26. The maximum Gasteiger partial charge on any atom is 0.255 e. The number of benzene rings is 2. The molecule has 34 heavy (non-hydrogen) atoms. The van der Waals surface area contributed by atoms with E-state index in [-0.39, 0.29) is 16.5 Å². The first-order chi connectivity index (χ1) is 16.3. The molecule has 0 spiro atoms. The van der Waals surface area contributed by atoms with Gasteiger partial charge >= 0.3 is 0 Å². The summed E-state index contributed by atoms with van der Waals surface area (Å²) in [5.74, 6) is 0. The highest BCUT2D eigenvalue weighted by Crippen LogP contribution is 2.29. The van der Waals surface area contributed by atoms with Crippen molar-refractivity contribution in [3.05, 3.63) is 135 Å². The summed E-state index contributed by atoms with van der Waals surface area (Å²) in [4.78, 5) is 24.7. The molecule has 0 aliphatic rings. The van der Waals surface area contributed by atoms with Crippen LogP contribution in [0.1, 0.15) is 42.5 Å². The summed E-state index contributed by atoms with van der Waals surface area (Å²) in [6, 6.07) is 23.0. The molecule has 0 atom stereocenters. The molecule has 4 nitrogen and oxygen atoms in total. The van der Waals surface area contributed by atoms with E-state index in [1.165, 1.54) is 5.56 Å². The fourth-order valence-corrected chi connectivity index (χ4v) is 4.12. The molecule has 0 aliphatic heterocycles. The quantitative estimate of drug-likeness (QED) is 0.354. The van der Waals surface area contributed by atoms with Crippen LogP contribution in [0.4, 0.5) is 0 Å². The van der Waals surface area contributed by atoms with E-state index in [4.69, 9.17) is 0 Å². The Kier molecular flexibility index (Phi) is 6.51. The number of aryl methyl sites for hydroxylation is 2. The van der Waals surface area contributed by atoms with Gasteiger partial charge in [-0.05, 0) is 71.7 Å². The lowest BCUT2D eigenvalue weighted by molar-refractivity contribution is 0.479. The SMILES string of the molecule is C=Cc1ccc(-n2cc(CCC(C)(C)c3ccc(-n4cc(C)ccc4=O)cc3)ccc2=O)cc1. The first kappa shape index (κ1) is 23.2. The summed E-state index contributed by atoms with van der Waals surface area (Å²) in [5, 5.41) is 0. The third kappa shape index (κ3) is 5.01. The highest BCUT2D eigenvalue weighted by Gasteiger charge is 2.21. The Labute approximate surface area is 200 Å². The summed E-state index contributed by atoms with van der Waals surface area (Å²) >= 11 is 0. The Morgan fingerprint density at radius 3 is 1.94 bits per heavy atom. The zero-order valence-electron chi connectivity index (χ0n) is 20.0. The minimum Gasteiger partial charge on any atom is -0.284 e. The molecule has 172 valence electrons. The average Bonchev–Trinajstić information content (AvgIpc) is 2.85. The lowest BCUT2D eigenvalue weighted by Crippen LogP contribution is -2.21. The van der Waals surface area contributed by atoms with Gasteiger partial charge in [-0.2, -0.15) is 0 Å². The Morgan fingerprint density at radius 1 is 0.765 bits per heavy atom. The predicted octanol–water partition coefficient (Wildman–Crippen LogP) is 5.85. The second-order valence-corrected chi connectivity index (χ2v) is 9.39. The topological polar surface area (TPSA) is 44.0 Å². The van der Waals surface area contributed by atoms with Gasteiger partial charge in [-0.15, -0.1) is 0 Å². The molecular formula is C30H30N2O2. The Bertz CT molecular complexity index is 1420. The van der Waals surface area contributed by atoms with E-state index in [0.29, 0.717) is 0 Å². The molecule has 0 aliphatic carbocycles. The maximum absolute atomic E-state index is 12.5. The molecule has 0 saturated carbocycles. The van der Waals surface area contributed by atoms with Gasteiger partial charge in [0, 0.05) is 35.9 Å². The van der Waals surface area contributed by atoms with Crippen LogP contribution in [-0.4, -0.2) is 9.13 Å². The summed E-state index contributed by atoms with van der Waals surface area (Å²) in [6.07, 6.45) is 7.36. The molecule has 0 bridgehead atoms. The highest BCUT2D eigenvalue weighted by atomic mass is 16.1. The predicted molar refractivity (Wildman–Crippen MR) is 140 cm³/mol. The number of nitrogens with zero attached hydrogens (tertiary/aromatic N) is 2. The van der Waals surface area contributed by atoms with Crippen LogP contribution in [0.15, 0.2) is 101 Å². The van der Waals surface area contributed by atoms with Crippen molar-refractivity contribution >= 4 is 6.08 Å². The smallest absolute Gasteiger partial charge is 0.255 e. The van der Waals surface area contributed by atoms with E-state index in [9.17, 15) is 9.59 Å². The second kappa shape index (κ2) is 9.52. The van der Waals surface area contributed by atoms with Crippen LogP contribution in [0.3, 0.4) is 0 Å². The van der Waals surface area contributed by atoms with E-state index in [0.717, 1.165) is 40.9 Å². The van der Waals surface area contributed by atoms with Gasteiger partial charge < -0.3 is 0 Å². The first-order valence-electron chi connectivity index (χ1n) is 11.5. The fraction of sp³-hybridized carbons (Fsp3) is 0.200. The van der Waals surface area contributed by atoms with E-state index in [2.05, 4.69) is 32.6 Å². The molecule has 4 rings (SSSR count). The number of rotatable bonds is 7. The van der Waals surface area contributed by atoms with Gasteiger partial charge in [0.1, 0.15) is 0 Å². The van der Waals surface area contributed by atoms with Crippen molar-refractivity contribution in [3.63, 3.8) is 0 Å². The molecule has 0 fully saturated rings. The Morgan fingerprint density at radius 2 is 1.32 bits per heavy atom. The molecule has 4 aromatic rings. The van der Waals surface area contributed by atoms with Crippen LogP contribution >= 0.6 is 0 Å². The zero-order valence-corrected chi connectivity index (χ0v) is 20.0. The third-order valence-corrected chi connectivity index (χ3v) is 6.40. The maximum atomic E-state index is 12.5. The molecule has 0 unspecified atom stereocenters. The molecule has 0 saturated heterocycles. The van der Waals surface area contributed by atoms with Crippen LogP contribution in [0.25, 0.3) is 17.5 Å². The number of pyridine rings is 2. The number of hydrogen-bond acceptors (Lipinski definition) is 2. The Balaban J connectivity index is 1.51. The van der Waals surface area contributed by atoms with Gasteiger partial charge in [-0.1, -0.05) is 62.9 Å². The normalized spacial score (nSPS) is 11.4. The second-order valence-electron chi connectivity index (χ2n) is 9.39. The molecule has 2 aromatic heterocycles. The van der Waals surface area contributed by atoms with E-state index in [1.807, 2.05) is 67.8 Å². The summed E-state index contributed by atoms with van der Waals surface area (Å²) < 4.78 is 3.38. The van der Waals surface area contributed by atoms with Crippen LogP contribution < -0.4 is 11.1 Å². The first-order valence-corrected chi connectivity index (χ1v) is 11.5. The van der Waals surface area contributed by atoms with Gasteiger partial charge in [-0.25, -0.2) is 0 Å². The minimum atomic E-state index is -0.0668. The monoisotopic (exact) mass is 450 g/mol. The fourth-order valence-electron chi connectivity index (χ4n) is 4.12. The molecule has 2 heterocycles. The Hall–Kier alpha value is -3.92. The van der Waals surface area contributed by atoms with Gasteiger partial charge in [-0.3, -0.25) is 18.7 Å². The van der Waals surface area contributed by atoms with Crippen molar-refractivity contribution in [2.75, 3.05) is 0 Å². The van der Waals surface area contributed by atoms with Crippen molar-refractivity contribution < 1.29 is 0 Å². The average molecular weight is 451 g/mol. The molecule has 0 amide bonds. The van der Waals surface area contributed by atoms with Crippen LogP contribution in [0.2, 0.25) is 0 Å². The highest BCUT2D eigenvalue weighted by molar-refractivity contribution is 5.50. The molecule has 2 aromatic carbocycles. The molecule has 0 radical (unpaired) electrons. The summed E-state index contributed by atoms with van der Waals surface area (Å²) in [7, 11) is 0. The molecule has 4 heteroatoms. The summed E-state index contributed by atoms with van der Waals surface area (Å²) in [5.41, 5.74) is 5.95. The minimum absolute atomic E-state index is 0.0353. The van der Waals surface area contributed by atoms with Crippen molar-refractivity contribution in [3.8, 4) is 11.4 Å². The van der Waals surface area contributed by atoms with Crippen molar-refractivity contribution in [2.45, 2.75) is 39.0 Å². The van der Waals surface area contributed by atoms with Gasteiger partial charge in [0.05, 0.1) is 0 Å². The van der Waals surface area contributed by atoms with Crippen LogP contribution in [0.5, 0.6) is 0 Å². The largest absolute Gasteiger partial charge is 0.284 e. The van der Waals surface area contributed by atoms with Crippen LogP contribution in [0, 0.1) is 6.92 Å². The molecule has 0 N–H and O–H groups in total. The van der Waals surface area contributed by atoms with E-state index < -0.39 is 0 Å². The zero-order chi connectivity index (χ0) is 24.3. The molecular weight excluding hydrogens is 420 g/mol. The third-order valence-electron chi connectivity index (χ3n) is 6.40. The van der Waals surface area contributed by atoms with Gasteiger partial charge in [0.15, 0.2) is 0 Å². The lowest BCUT2D eigenvalue weighted by atomic mass is 9.79. The van der Waals surface area contributed by atoms with E-state index in [1.54, 1.807) is 27.3 Å². The standard InChI is InChI=1S/C30H30N2O2/c1-5-23-7-12-26(13-8-23)32-21-24(9-17-29(32)34)18-19-30(3,4)25-10-14-27(15-11-25)31-20-22(2)6-16-28(31)33/h5-17,20-21H,1,18-19H2,2-4H3.